The summed E-state index contributed by atoms with van der Waals surface area (Å²) in [6, 6.07) is 23.9. The summed E-state index contributed by atoms with van der Waals surface area (Å²) < 4.78 is 11.9. The first-order valence-electron chi connectivity index (χ1n) is 13.5. The lowest BCUT2D eigenvalue weighted by Crippen LogP contribution is -2.28. The third-order valence-corrected chi connectivity index (χ3v) is 6.37. The molecule has 228 valence electrons. The number of aromatic hydroxyl groups is 1. The highest BCUT2D eigenvalue weighted by molar-refractivity contribution is 6.11. The third-order valence-electron chi connectivity index (χ3n) is 6.37. The van der Waals surface area contributed by atoms with E-state index in [2.05, 4.69) is 10.8 Å². The van der Waals surface area contributed by atoms with Crippen molar-refractivity contribution in [2.45, 2.75) is 20.5 Å². The number of ether oxygens (including phenoxy) is 2. The summed E-state index contributed by atoms with van der Waals surface area (Å²) in [5.74, 6) is -1.94. The molecule has 4 aromatic rings. The zero-order valence-electron chi connectivity index (χ0n) is 24.1. The lowest BCUT2D eigenvalue weighted by atomic mass is 9.96. The Balaban J connectivity index is 1.22. The summed E-state index contributed by atoms with van der Waals surface area (Å²) in [5.41, 5.74) is 3.93. The Hall–Kier alpha value is -5.55. The molecule has 0 heterocycles. The summed E-state index contributed by atoms with van der Waals surface area (Å²) in [7, 11) is 0. The molecular formula is C33H32N2O9. The van der Waals surface area contributed by atoms with Gasteiger partial charge in [-0.05, 0) is 78.4 Å². The Morgan fingerprint density at radius 1 is 0.705 bits per heavy atom. The van der Waals surface area contributed by atoms with Crippen molar-refractivity contribution in [3.63, 3.8) is 0 Å². The van der Waals surface area contributed by atoms with Crippen molar-refractivity contribution in [2.75, 3.05) is 24.0 Å². The van der Waals surface area contributed by atoms with E-state index in [1.54, 1.807) is 66.7 Å². The van der Waals surface area contributed by atoms with Gasteiger partial charge in [-0.2, -0.15) is 0 Å². The molecule has 0 saturated carbocycles. The maximum Gasteiger partial charge on any atom is 0.336 e. The minimum Gasteiger partial charge on any atom is -0.508 e. The average Bonchev–Trinajstić information content (AvgIpc) is 3.00. The third kappa shape index (κ3) is 8.73. The quantitative estimate of drug-likeness (QED) is 0.107. The molecule has 0 aliphatic heterocycles. The van der Waals surface area contributed by atoms with Gasteiger partial charge in [0, 0.05) is 11.1 Å². The van der Waals surface area contributed by atoms with Gasteiger partial charge in [-0.1, -0.05) is 32.0 Å². The first-order valence-corrected chi connectivity index (χ1v) is 13.5. The molecule has 0 aromatic heterocycles. The molecule has 11 heteroatoms. The number of carbonyl (C=O) groups excluding carboxylic acids is 1. The van der Waals surface area contributed by atoms with E-state index in [1.807, 2.05) is 13.8 Å². The van der Waals surface area contributed by atoms with Gasteiger partial charge < -0.3 is 30.1 Å². The molecular weight excluding hydrogens is 568 g/mol. The standard InChI is InChI=1S/C33H32N2O9/c1-33(2,20-43-26-14-9-23(10-15-26)35-44-18-21-5-3-4-6-27(21)31(38)39)19-42-25-12-7-22(8-13-25)34-30(37)29-17-24(36)11-16-28(29)32(40)41/h3-17,35-36H,18-20H2,1-2H3,(H,34,37)(H,38,39)(H,40,41). The monoisotopic (exact) mass is 600 g/mol. The molecule has 4 rings (SSSR count). The summed E-state index contributed by atoms with van der Waals surface area (Å²) >= 11 is 0. The van der Waals surface area contributed by atoms with Crippen molar-refractivity contribution < 1.29 is 44.0 Å². The van der Waals surface area contributed by atoms with Crippen LogP contribution in [0, 0.1) is 5.41 Å². The number of rotatable bonds is 14. The van der Waals surface area contributed by atoms with E-state index in [4.69, 9.17) is 14.3 Å². The van der Waals surface area contributed by atoms with Gasteiger partial charge >= 0.3 is 11.9 Å². The molecule has 0 spiro atoms. The minimum absolute atomic E-state index is 0.0823. The van der Waals surface area contributed by atoms with Crippen molar-refractivity contribution >= 4 is 29.2 Å². The Bertz CT molecular complexity index is 1620. The van der Waals surface area contributed by atoms with Crippen molar-refractivity contribution in [1.29, 1.82) is 0 Å². The van der Waals surface area contributed by atoms with Gasteiger partial charge in [0.15, 0.2) is 0 Å². The number of nitrogens with one attached hydrogen (secondary N) is 2. The molecule has 1 amide bonds. The molecule has 0 radical (unpaired) electrons. The number of phenolic OH excluding ortho intramolecular Hbond substituents is 1. The van der Waals surface area contributed by atoms with E-state index in [9.17, 15) is 29.7 Å². The van der Waals surface area contributed by atoms with E-state index in [-0.39, 0.29) is 34.5 Å². The number of aromatic carboxylic acids is 2. The van der Waals surface area contributed by atoms with E-state index in [1.165, 1.54) is 18.2 Å². The van der Waals surface area contributed by atoms with E-state index in [0.29, 0.717) is 41.7 Å². The average molecular weight is 601 g/mol. The van der Waals surface area contributed by atoms with Gasteiger partial charge in [-0.15, -0.1) is 0 Å². The van der Waals surface area contributed by atoms with Gasteiger partial charge in [-0.25, -0.2) is 9.59 Å². The van der Waals surface area contributed by atoms with Gasteiger partial charge in [-0.3, -0.25) is 15.1 Å². The molecule has 0 aliphatic carbocycles. The van der Waals surface area contributed by atoms with Gasteiger partial charge in [0.2, 0.25) is 0 Å². The largest absolute Gasteiger partial charge is 0.508 e. The van der Waals surface area contributed by atoms with Crippen LogP contribution in [0.25, 0.3) is 0 Å². The van der Waals surface area contributed by atoms with Crippen LogP contribution in [0.2, 0.25) is 0 Å². The van der Waals surface area contributed by atoms with E-state index >= 15 is 0 Å². The van der Waals surface area contributed by atoms with Crippen LogP contribution in [0.5, 0.6) is 17.2 Å². The molecule has 5 N–H and O–H groups in total. The van der Waals surface area contributed by atoms with Crippen LogP contribution >= 0.6 is 0 Å². The molecule has 4 aromatic carbocycles. The summed E-state index contributed by atoms with van der Waals surface area (Å²) in [5, 5.41) is 30.9. The molecule has 0 unspecified atom stereocenters. The SMILES string of the molecule is CC(C)(COc1ccc(NOCc2ccccc2C(=O)O)cc1)COc1ccc(NC(=O)c2cc(O)ccc2C(=O)O)cc1. The summed E-state index contributed by atoms with van der Waals surface area (Å²) in [4.78, 5) is 40.8. The van der Waals surface area contributed by atoms with Crippen LogP contribution in [-0.2, 0) is 11.4 Å². The lowest BCUT2D eigenvalue weighted by Gasteiger charge is -2.25. The Morgan fingerprint density at radius 3 is 1.86 bits per heavy atom. The van der Waals surface area contributed by atoms with Crippen LogP contribution in [-0.4, -0.2) is 46.4 Å². The van der Waals surface area contributed by atoms with Crippen molar-refractivity contribution in [3.8, 4) is 17.2 Å². The smallest absolute Gasteiger partial charge is 0.336 e. The number of carbonyl (C=O) groups is 3. The Kier molecular flexibility index (Phi) is 10.0. The Labute approximate surface area is 253 Å². The highest BCUT2D eigenvalue weighted by atomic mass is 16.6. The van der Waals surface area contributed by atoms with Crippen LogP contribution < -0.4 is 20.3 Å². The first-order chi connectivity index (χ1) is 21.0. The number of carboxylic acids is 2. The molecule has 11 nitrogen and oxygen atoms in total. The Morgan fingerprint density at radius 2 is 1.27 bits per heavy atom. The second kappa shape index (κ2) is 14.1. The molecule has 0 fully saturated rings. The predicted molar refractivity (Wildman–Crippen MR) is 162 cm³/mol. The number of amides is 1. The van der Waals surface area contributed by atoms with Gasteiger partial charge in [0.05, 0.1) is 35.6 Å². The summed E-state index contributed by atoms with van der Waals surface area (Å²) in [6.45, 7) is 4.78. The van der Waals surface area contributed by atoms with Crippen molar-refractivity contribution in [1.82, 2.24) is 0 Å². The van der Waals surface area contributed by atoms with Gasteiger partial charge in [0.25, 0.3) is 5.91 Å². The number of phenols is 1. The predicted octanol–water partition coefficient (Wildman–Crippen LogP) is 6.07. The maximum atomic E-state index is 12.6. The lowest BCUT2D eigenvalue weighted by molar-refractivity contribution is 0.0682. The highest BCUT2D eigenvalue weighted by Gasteiger charge is 2.21. The van der Waals surface area contributed by atoms with Crippen LogP contribution in [0.3, 0.4) is 0 Å². The number of hydrogen-bond acceptors (Lipinski definition) is 8. The normalized spacial score (nSPS) is 11.0. The van der Waals surface area contributed by atoms with E-state index in [0.717, 1.165) is 6.07 Å². The number of hydrogen-bond donors (Lipinski definition) is 5. The highest BCUT2D eigenvalue weighted by Crippen LogP contribution is 2.24. The first kappa shape index (κ1) is 31.4. The fourth-order valence-electron chi connectivity index (χ4n) is 4.01. The summed E-state index contributed by atoms with van der Waals surface area (Å²) in [6.07, 6.45) is 0. The number of carboxylic acid groups (broad SMARTS) is 2. The molecule has 0 aliphatic rings. The fourth-order valence-corrected chi connectivity index (χ4v) is 4.01. The number of benzene rings is 4. The fraction of sp³-hybridized carbons (Fsp3) is 0.182. The topological polar surface area (TPSA) is 164 Å². The van der Waals surface area contributed by atoms with E-state index < -0.39 is 17.8 Å². The molecule has 44 heavy (non-hydrogen) atoms. The van der Waals surface area contributed by atoms with Crippen LogP contribution in [0.4, 0.5) is 11.4 Å². The molecule has 0 saturated heterocycles. The second-order valence-corrected chi connectivity index (χ2v) is 10.6. The van der Waals surface area contributed by atoms with Crippen molar-refractivity contribution in [3.05, 3.63) is 113 Å². The van der Waals surface area contributed by atoms with Crippen LogP contribution in [0.1, 0.15) is 50.5 Å². The zero-order valence-corrected chi connectivity index (χ0v) is 24.1. The van der Waals surface area contributed by atoms with Crippen LogP contribution in [0.15, 0.2) is 91.0 Å². The van der Waals surface area contributed by atoms with Gasteiger partial charge in [0.1, 0.15) is 23.9 Å². The zero-order chi connectivity index (χ0) is 31.7. The molecule has 0 atom stereocenters. The number of anilines is 2. The van der Waals surface area contributed by atoms with Crippen molar-refractivity contribution in [2.24, 2.45) is 5.41 Å². The second-order valence-electron chi connectivity index (χ2n) is 10.6. The minimum atomic E-state index is -1.28. The molecule has 0 bridgehead atoms. The maximum absolute atomic E-state index is 12.6.